The predicted molar refractivity (Wildman–Crippen MR) is 206 cm³/mol. The third-order valence-electron chi connectivity index (χ3n) is 13.1. The molecule has 1 aromatic heterocycles. The van der Waals surface area contributed by atoms with Gasteiger partial charge in [-0.1, -0.05) is 43.5 Å². The number of rotatable bonds is 9. The number of halogens is 1. The molecule has 3 N–H and O–H groups in total. The number of piperidine rings is 2. The number of likely N-dealkylation sites (tertiary alicyclic amines) is 2. The average Bonchev–Trinajstić information content (AvgIpc) is 3.44. The number of piperazine rings is 1. The van der Waals surface area contributed by atoms with E-state index in [9.17, 15) is 19.2 Å². The number of hydrogen-bond acceptors (Lipinski definition) is 8. The highest BCUT2D eigenvalue weighted by Crippen LogP contribution is 2.41. The van der Waals surface area contributed by atoms with Gasteiger partial charge in [-0.05, 0) is 68.2 Å². The summed E-state index contributed by atoms with van der Waals surface area (Å²) in [6.07, 6.45) is 10.4. The van der Waals surface area contributed by atoms with E-state index in [1.165, 1.54) is 25.3 Å². The van der Waals surface area contributed by atoms with Crippen molar-refractivity contribution in [1.82, 2.24) is 29.8 Å². The van der Waals surface area contributed by atoms with E-state index in [2.05, 4.69) is 15.1 Å². The number of nitrogens with one attached hydrogen (secondary N) is 1. The van der Waals surface area contributed by atoms with E-state index < -0.39 is 11.7 Å². The molecule has 8 rings (SSSR count). The monoisotopic (exact) mass is 755 g/mol. The second-order valence-electron chi connectivity index (χ2n) is 16.5. The zero-order valence-corrected chi connectivity index (χ0v) is 31.7. The first-order chi connectivity index (χ1) is 26.7. The molecule has 2 aromatic carbocycles. The Bertz CT molecular complexity index is 1920. The predicted octanol–water partition coefficient (Wildman–Crippen LogP) is 3.56. The first-order valence-corrected chi connectivity index (χ1v) is 20.5. The summed E-state index contributed by atoms with van der Waals surface area (Å²) in [5.41, 5.74) is 7.56. The smallest absolute Gasteiger partial charge is 0.272 e. The van der Waals surface area contributed by atoms with Crippen molar-refractivity contribution in [3.05, 3.63) is 75.5 Å². The van der Waals surface area contributed by atoms with Crippen LogP contribution < -0.4 is 11.3 Å². The van der Waals surface area contributed by atoms with E-state index in [-0.39, 0.29) is 41.2 Å². The molecule has 2 saturated carbocycles. The molecule has 3 aliphatic heterocycles. The van der Waals surface area contributed by atoms with E-state index in [1.807, 2.05) is 17.0 Å². The van der Waals surface area contributed by atoms with Crippen LogP contribution in [0.25, 0.3) is 10.8 Å². The quantitative estimate of drug-likeness (QED) is 0.338. The summed E-state index contributed by atoms with van der Waals surface area (Å²) in [6, 6.07) is 11.3. The van der Waals surface area contributed by atoms with Crippen molar-refractivity contribution in [1.29, 1.82) is 0 Å². The SMILES string of the molecule is N[C@@H](C(=O)N1C[C@H]2CC[C@@H](C1)C2OC1CCN(CC(=O)N2CCN(C(=O)c3cc(Cc4n[nH]c(=O)c5ccccc45)ccc3F)CC2)CC1)C1CCCCC1. The van der Waals surface area contributed by atoms with Crippen molar-refractivity contribution in [2.24, 2.45) is 23.5 Å². The van der Waals surface area contributed by atoms with Crippen molar-refractivity contribution in [2.75, 3.05) is 58.9 Å². The Balaban J connectivity index is 0.779. The Labute approximate surface area is 321 Å². The molecule has 5 fully saturated rings. The van der Waals surface area contributed by atoms with Crippen LogP contribution in [0.2, 0.25) is 0 Å². The van der Waals surface area contributed by atoms with Crippen LogP contribution in [-0.2, 0) is 20.7 Å². The minimum atomic E-state index is -0.596. The van der Waals surface area contributed by atoms with Gasteiger partial charge in [-0.25, -0.2) is 9.49 Å². The van der Waals surface area contributed by atoms with Crippen LogP contribution in [0.3, 0.4) is 0 Å². The highest BCUT2D eigenvalue weighted by Gasteiger charge is 2.46. The number of ether oxygens (including phenoxy) is 1. The molecule has 3 aromatic rings. The molecule has 2 bridgehead atoms. The molecule has 1 unspecified atom stereocenters. The molecule has 12 nitrogen and oxygen atoms in total. The lowest BCUT2D eigenvalue weighted by Crippen LogP contribution is -2.55. The zero-order chi connectivity index (χ0) is 38.1. The topological polar surface area (TPSA) is 145 Å². The van der Waals surface area contributed by atoms with E-state index in [1.54, 1.807) is 34.1 Å². The lowest BCUT2D eigenvalue weighted by Gasteiger charge is -2.42. The maximum atomic E-state index is 15.0. The second-order valence-corrected chi connectivity index (χ2v) is 16.5. The summed E-state index contributed by atoms with van der Waals surface area (Å²) in [7, 11) is 0. The standard InChI is InChI=1S/C42H54FN7O5/c43-35-13-10-27(23-36-32-8-4-5-9-33(32)40(52)46-45-36)22-34(35)41(53)49-20-18-48(19-21-49)37(51)26-47-16-14-31(15-17-47)55-39-29-11-12-30(39)25-50(24-29)42(54)38(44)28-6-2-1-3-7-28/h4-5,8-10,13,22,28-31,38-39H,1-3,6-7,11-12,14-21,23-26,44H2,(H,46,52)/t29-,30+,38-,39?/m1/s1. The van der Waals surface area contributed by atoms with E-state index in [0.29, 0.717) is 78.9 Å². The minimum absolute atomic E-state index is 0.0120. The number of hydrogen-bond donors (Lipinski definition) is 2. The third kappa shape index (κ3) is 8.20. The van der Waals surface area contributed by atoms with Gasteiger partial charge < -0.3 is 25.2 Å². The van der Waals surface area contributed by atoms with Crippen LogP contribution in [0, 0.1) is 23.6 Å². The first kappa shape index (κ1) is 37.7. The van der Waals surface area contributed by atoms with Gasteiger partial charge in [0.15, 0.2) is 0 Å². The first-order valence-electron chi connectivity index (χ1n) is 20.5. The number of nitrogens with zero attached hydrogens (tertiary/aromatic N) is 5. The van der Waals surface area contributed by atoms with E-state index in [4.69, 9.17) is 10.5 Å². The molecule has 4 atom stereocenters. The number of carbonyl (C=O) groups excluding carboxylic acids is 3. The van der Waals surface area contributed by atoms with Crippen molar-refractivity contribution in [3.8, 4) is 0 Å². The lowest BCUT2D eigenvalue weighted by atomic mass is 9.83. The maximum Gasteiger partial charge on any atom is 0.272 e. The molecule has 0 spiro atoms. The number of nitrogens with two attached hydrogens (primary N) is 1. The molecule has 3 amide bonds. The van der Waals surface area contributed by atoms with Crippen molar-refractivity contribution >= 4 is 28.5 Å². The summed E-state index contributed by atoms with van der Waals surface area (Å²) in [4.78, 5) is 60.1. The van der Waals surface area contributed by atoms with Gasteiger partial charge in [0.1, 0.15) is 5.82 Å². The Kier molecular flexibility index (Phi) is 11.3. The fourth-order valence-corrected chi connectivity index (χ4v) is 9.87. The molecule has 4 heterocycles. The van der Waals surface area contributed by atoms with E-state index >= 15 is 4.39 Å². The Morgan fingerprint density at radius 3 is 2.22 bits per heavy atom. The fraction of sp³-hybridized carbons (Fsp3) is 0.595. The van der Waals surface area contributed by atoms with Crippen molar-refractivity contribution in [3.63, 3.8) is 0 Å². The molecule has 294 valence electrons. The molecule has 13 heteroatoms. The molecular weight excluding hydrogens is 702 g/mol. The number of fused-ring (bicyclic) bond motifs is 3. The Morgan fingerprint density at radius 1 is 0.836 bits per heavy atom. The number of H-pyrrole nitrogens is 1. The van der Waals surface area contributed by atoms with Crippen LogP contribution in [0.15, 0.2) is 47.3 Å². The number of benzene rings is 2. The molecular formula is C42H54FN7O5. The van der Waals surface area contributed by atoms with Gasteiger partial charge in [-0.3, -0.25) is 24.1 Å². The summed E-state index contributed by atoms with van der Waals surface area (Å²) in [5, 5.41) is 7.99. The molecule has 5 aliphatic rings. The largest absolute Gasteiger partial charge is 0.374 e. The number of carbonyl (C=O) groups is 3. The highest BCUT2D eigenvalue weighted by molar-refractivity contribution is 5.95. The Morgan fingerprint density at radius 2 is 1.51 bits per heavy atom. The van der Waals surface area contributed by atoms with Crippen LogP contribution in [-0.4, -0.2) is 125 Å². The van der Waals surface area contributed by atoms with Gasteiger partial charge in [0.05, 0.1) is 41.4 Å². The maximum absolute atomic E-state index is 15.0. The van der Waals surface area contributed by atoms with Crippen LogP contribution in [0.5, 0.6) is 0 Å². The van der Waals surface area contributed by atoms with Crippen LogP contribution >= 0.6 is 0 Å². The average molecular weight is 756 g/mol. The summed E-state index contributed by atoms with van der Waals surface area (Å²) in [6.45, 7) is 4.87. The number of amides is 3. The fourth-order valence-electron chi connectivity index (χ4n) is 9.87. The molecule has 2 aliphatic carbocycles. The van der Waals surface area contributed by atoms with Gasteiger partial charge in [-0.2, -0.15) is 5.10 Å². The second kappa shape index (κ2) is 16.5. The van der Waals surface area contributed by atoms with Gasteiger partial charge >= 0.3 is 0 Å². The van der Waals surface area contributed by atoms with Gasteiger partial charge in [0.2, 0.25) is 11.8 Å². The third-order valence-corrected chi connectivity index (χ3v) is 13.1. The summed E-state index contributed by atoms with van der Waals surface area (Å²) >= 11 is 0. The van der Waals surface area contributed by atoms with Crippen molar-refractivity contribution in [2.45, 2.75) is 82.5 Å². The van der Waals surface area contributed by atoms with Crippen LogP contribution in [0.4, 0.5) is 4.39 Å². The normalized spacial score (nSPS) is 24.7. The van der Waals surface area contributed by atoms with Gasteiger partial charge in [0, 0.05) is 76.0 Å². The number of aromatic amines is 1. The molecule has 55 heavy (non-hydrogen) atoms. The summed E-state index contributed by atoms with van der Waals surface area (Å²) < 4.78 is 21.8. The van der Waals surface area contributed by atoms with Crippen LogP contribution in [0.1, 0.15) is 79.4 Å². The molecule has 3 saturated heterocycles. The van der Waals surface area contributed by atoms with E-state index in [0.717, 1.165) is 64.7 Å². The van der Waals surface area contributed by atoms with Gasteiger partial charge in [-0.15, -0.1) is 0 Å². The lowest BCUT2D eigenvalue weighted by molar-refractivity contribution is -0.144. The van der Waals surface area contributed by atoms with Gasteiger partial charge in [0.25, 0.3) is 11.5 Å². The summed E-state index contributed by atoms with van der Waals surface area (Å²) in [5.74, 6) is 0.241. The molecule has 0 radical (unpaired) electrons. The number of aromatic nitrogens is 2. The highest BCUT2D eigenvalue weighted by atomic mass is 19.1. The zero-order valence-electron chi connectivity index (χ0n) is 31.7. The Hall–Kier alpha value is -4.20. The van der Waals surface area contributed by atoms with Crippen molar-refractivity contribution < 1.29 is 23.5 Å². The minimum Gasteiger partial charge on any atom is -0.374 e.